The average Bonchev–Trinajstić information content (AvgIpc) is 3.28. The van der Waals surface area contributed by atoms with Crippen LogP contribution in [0.1, 0.15) is 31.2 Å². The highest BCUT2D eigenvalue weighted by molar-refractivity contribution is 5.94. The molecule has 1 fully saturated rings. The second-order valence-corrected chi connectivity index (χ2v) is 7.19. The van der Waals surface area contributed by atoms with Crippen LogP contribution in [0, 0.1) is 11.6 Å². The largest absolute Gasteiger partial charge is 0.493 e. The zero-order valence-electron chi connectivity index (χ0n) is 17.8. The number of rotatable bonds is 8. The van der Waals surface area contributed by atoms with E-state index in [0.717, 1.165) is 43.4 Å². The molecule has 3 rings (SSSR count). The summed E-state index contributed by atoms with van der Waals surface area (Å²) in [5.41, 5.74) is 12.0. The van der Waals surface area contributed by atoms with Gasteiger partial charge in [-0.15, -0.1) is 0 Å². The van der Waals surface area contributed by atoms with Crippen LogP contribution in [0.25, 0.3) is 6.08 Å². The molecule has 0 aliphatic heterocycles. The molecular weight excluding hydrogens is 414 g/mol. The third-order valence-corrected chi connectivity index (χ3v) is 4.93. The molecule has 0 unspecified atom stereocenters. The highest BCUT2D eigenvalue weighted by Gasteiger charge is 2.19. The van der Waals surface area contributed by atoms with E-state index in [4.69, 9.17) is 20.9 Å². The van der Waals surface area contributed by atoms with E-state index in [2.05, 4.69) is 9.98 Å². The third-order valence-electron chi connectivity index (χ3n) is 4.93. The Hall–Kier alpha value is -3.68. The molecule has 1 aliphatic carbocycles. The van der Waals surface area contributed by atoms with Crippen LogP contribution in [0.15, 0.2) is 58.7 Å². The lowest BCUT2D eigenvalue weighted by Gasteiger charge is -2.17. The van der Waals surface area contributed by atoms with Gasteiger partial charge >= 0.3 is 0 Å². The van der Waals surface area contributed by atoms with Gasteiger partial charge in [0.2, 0.25) is 0 Å². The van der Waals surface area contributed by atoms with Crippen molar-refractivity contribution >= 4 is 29.5 Å². The molecule has 0 spiro atoms. The fourth-order valence-corrected chi connectivity index (χ4v) is 3.39. The number of hydrogen-bond donors (Lipinski definition) is 2. The Morgan fingerprint density at radius 2 is 1.84 bits per heavy atom. The fraction of sp³-hybridized carbons (Fsp3) is 0.250. The van der Waals surface area contributed by atoms with Gasteiger partial charge < -0.3 is 20.9 Å². The molecule has 1 saturated carbocycles. The van der Waals surface area contributed by atoms with Crippen LogP contribution in [0.4, 0.5) is 20.2 Å². The standard InChI is InChI=1S/C24H26F2N4O2/c1-31-22-10-4-6-16(24(22)32-17-8-2-3-9-17)7-5-13-29-20-14-18(25)19(26)15-21(20)30-23(28)11-12-27/h4-7,10-15,17H,2-3,8-9,27H2,1H3,(H2,28,30)/b7-5+,12-11-,29-13?. The van der Waals surface area contributed by atoms with E-state index in [0.29, 0.717) is 11.5 Å². The molecular formula is C24H26F2N4O2. The summed E-state index contributed by atoms with van der Waals surface area (Å²) in [6, 6.07) is 7.51. The van der Waals surface area contributed by atoms with Crippen LogP contribution >= 0.6 is 0 Å². The molecule has 0 heterocycles. The highest BCUT2D eigenvalue weighted by Crippen LogP contribution is 2.35. The predicted molar refractivity (Wildman–Crippen MR) is 124 cm³/mol. The maximum atomic E-state index is 13.7. The second-order valence-electron chi connectivity index (χ2n) is 7.19. The minimum Gasteiger partial charge on any atom is -0.493 e. The molecule has 4 N–H and O–H groups in total. The maximum absolute atomic E-state index is 13.7. The summed E-state index contributed by atoms with van der Waals surface area (Å²) in [5, 5.41) is 0. The van der Waals surface area contributed by atoms with Crippen molar-refractivity contribution in [2.24, 2.45) is 21.5 Å². The fourth-order valence-electron chi connectivity index (χ4n) is 3.39. The van der Waals surface area contributed by atoms with Gasteiger partial charge in [-0.3, -0.25) is 4.99 Å². The van der Waals surface area contributed by atoms with Gasteiger partial charge in [-0.05, 0) is 56.2 Å². The summed E-state index contributed by atoms with van der Waals surface area (Å²) in [7, 11) is 1.60. The normalized spacial score (nSPS) is 15.4. The number of ether oxygens (including phenoxy) is 2. The van der Waals surface area contributed by atoms with Crippen molar-refractivity contribution in [2.75, 3.05) is 7.11 Å². The number of nitrogens with zero attached hydrogens (tertiary/aromatic N) is 2. The van der Waals surface area contributed by atoms with E-state index < -0.39 is 11.6 Å². The summed E-state index contributed by atoms with van der Waals surface area (Å²) in [5.74, 6) is -0.723. The van der Waals surface area contributed by atoms with Gasteiger partial charge in [-0.1, -0.05) is 12.1 Å². The van der Waals surface area contributed by atoms with E-state index in [1.165, 1.54) is 18.5 Å². The quantitative estimate of drug-likeness (QED) is 0.437. The Kier molecular flexibility index (Phi) is 7.96. The van der Waals surface area contributed by atoms with Crippen LogP contribution in [-0.2, 0) is 0 Å². The molecule has 2 aromatic rings. The summed E-state index contributed by atoms with van der Waals surface area (Å²) in [4.78, 5) is 8.23. The molecule has 0 radical (unpaired) electrons. The first-order valence-corrected chi connectivity index (χ1v) is 10.3. The Morgan fingerprint density at radius 1 is 1.12 bits per heavy atom. The van der Waals surface area contributed by atoms with Crippen LogP contribution < -0.4 is 20.9 Å². The van der Waals surface area contributed by atoms with E-state index in [1.54, 1.807) is 13.2 Å². The number of allylic oxidation sites excluding steroid dienone is 1. The van der Waals surface area contributed by atoms with Gasteiger partial charge in [-0.25, -0.2) is 13.8 Å². The third kappa shape index (κ3) is 5.94. The molecule has 0 saturated heterocycles. The number of methoxy groups -OCH3 is 1. The molecule has 168 valence electrons. The van der Waals surface area contributed by atoms with E-state index in [9.17, 15) is 8.78 Å². The Morgan fingerprint density at radius 3 is 2.53 bits per heavy atom. The molecule has 0 amide bonds. The number of halogens is 2. The number of hydrogen-bond acceptors (Lipinski definition) is 5. The van der Waals surface area contributed by atoms with Crippen LogP contribution in [0.2, 0.25) is 0 Å². The lowest BCUT2D eigenvalue weighted by Crippen LogP contribution is -2.12. The molecule has 32 heavy (non-hydrogen) atoms. The maximum Gasteiger partial charge on any atom is 0.168 e. The first kappa shape index (κ1) is 23.0. The van der Waals surface area contributed by atoms with Gasteiger partial charge in [-0.2, -0.15) is 0 Å². The van der Waals surface area contributed by atoms with Crippen molar-refractivity contribution in [3.8, 4) is 11.5 Å². The van der Waals surface area contributed by atoms with Crippen molar-refractivity contribution in [3.63, 3.8) is 0 Å². The van der Waals surface area contributed by atoms with Crippen molar-refractivity contribution in [3.05, 3.63) is 65.9 Å². The second kappa shape index (κ2) is 11.1. The van der Waals surface area contributed by atoms with E-state index >= 15 is 0 Å². The lowest BCUT2D eigenvalue weighted by molar-refractivity contribution is 0.200. The van der Waals surface area contributed by atoms with Crippen molar-refractivity contribution in [2.45, 2.75) is 31.8 Å². The summed E-state index contributed by atoms with van der Waals surface area (Å²) >= 11 is 0. The van der Waals surface area contributed by atoms with Crippen molar-refractivity contribution in [1.29, 1.82) is 0 Å². The van der Waals surface area contributed by atoms with E-state index in [1.807, 2.05) is 24.3 Å². The number of para-hydroxylation sites is 1. The number of aliphatic imine (C=N–C) groups is 2. The van der Waals surface area contributed by atoms with Crippen LogP contribution in [-0.4, -0.2) is 25.3 Å². The van der Waals surface area contributed by atoms with Crippen molar-refractivity contribution < 1.29 is 18.3 Å². The molecule has 0 aromatic heterocycles. The monoisotopic (exact) mass is 440 g/mol. The number of amidine groups is 1. The average molecular weight is 440 g/mol. The van der Waals surface area contributed by atoms with Gasteiger partial charge in [0.1, 0.15) is 5.84 Å². The Labute approximate surface area is 186 Å². The molecule has 6 nitrogen and oxygen atoms in total. The minimum atomic E-state index is -1.05. The molecule has 8 heteroatoms. The first-order valence-electron chi connectivity index (χ1n) is 10.3. The minimum absolute atomic E-state index is 0.0376. The van der Waals surface area contributed by atoms with Gasteiger partial charge in [0.25, 0.3) is 0 Å². The zero-order valence-corrected chi connectivity index (χ0v) is 17.8. The smallest absolute Gasteiger partial charge is 0.168 e. The predicted octanol–water partition coefficient (Wildman–Crippen LogP) is 5.17. The Bertz CT molecular complexity index is 1060. The molecule has 2 aromatic carbocycles. The van der Waals surface area contributed by atoms with Crippen LogP contribution in [0.3, 0.4) is 0 Å². The Balaban J connectivity index is 1.85. The van der Waals surface area contributed by atoms with E-state index in [-0.39, 0.29) is 23.3 Å². The summed E-state index contributed by atoms with van der Waals surface area (Å²) in [6.45, 7) is 0. The molecule has 0 bridgehead atoms. The topological polar surface area (TPSA) is 95.2 Å². The number of benzene rings is 2. The first-order chi connectivity index (χ1) is 15.5. The van der Waals surface area contributed by atoms with Gasteiger partial charge in [0.15, 0.2) is 23.1 Å². The van der Waals surface area contributed by atoms with Gasteiger partial charge in [0, 0.05) is 23.9 Å². The van der Waals surface area contributed by atoms with Gasteiger partial charge in [0.05, 0.1) is 24.6 Å². The number of nitrogens with two attached hydrogens (primary N) is 2. The lowest BCUT2D eigenvalue weighted by atomic mass is 10.1. The summed E-state index contributed by atoms with van der Waals surface area (Å²) < 4.78 is 39.1. The van der Waals surface area contributed by atoms with Crippen LogP contribution in [0.5, 0.6) is 11.5 Å². The SMILES string of the molecule is COc1cccc(/C=C/C=Nc2cc(F)c(F)cc2N=C(N)/C=C\N)c1OC1CCCC1. The summed E-state index contributed by atoms with van der Waals surface area (Å²) in [6.07, 6.45) is 12.0. The molecule has 1 aliphatic rings. The molecule has 0 atom stereocenters. The highest BCUT2D eigenvalue weighted by atomic mass is 19.2. The zero-order chi connectivity index (χ0) is 22.9. The van der Waals surface area contributed by atoms with Crippen molar-refractivity contribution in [1.82, 2.24) is 0 Å².